The predicted molar refractivity (Wildman–Crippen MR) is 585 cm³/mol. The Morgan fingerprint density at radius 2 is 0.324 bits per heavy atom. The first-order valence-electron chi connectivity index (χ1n) is 48.7. The van der Waals surface area contributed by atoms with Crippen LogP contribution in [0.2, 0.25) is 0 Å². The van der Waals surface area contributed by atoms with Crippen molar-refractivity contribution in [1.29, 1.82) is 15.8 Å². The van der Waals surface area contributed by atoms with E-state index in [1.807, 2.05) is 121 Å². The van der Waals surface area contributed by atoms with Gasteiger partial charge in [0.15, 0.2) is 52.4 Å². The van der Waals surface area contributed by atoms with E-state index in [0.717, 1.165) is 122 Å². The maximum Gasteiger partial charge on any atom is 0.164 e. The van der Waals surface area contributed by atoms with Crippen molar-refractivity contribution < 1.29 is 0 Å². The quantitative estimate of drug-likeness (QED) is 0.0946. The SMILES string of the molecule is CC1(C)c2cc(C#N)ccc2-c2ccc(-c3cccc(-c4nc(-c5ccc(-c6ccccc6)cc5)nc(-c5ccc(-c6ccccc6)cc5)n4)c3)cc21.CC1(C)c2cc(C#N)ccc2-c2ccc(-c3cccc(-c4nc(-c5ccccc5)nc(-c5ccc6ccccc6c5)n4)c3)cc21.CC1(C)c2cc(C#N)ccc2-c2ccc(-c3cccc(-c4nc(-c5ccccc5)nc(-c5cccc(-c6ccccc6)c5)n4)c3)cc21. The van der Waals surface area contributed by atoms with Gasteiger partial charge >= 0.3 is 0 Å². The molecule has 12 nitrogen and oxygen atoms in total. The summed E-state index contributed by atoms with van der Waals surface area (Å²) in [5.74, 6) is 5.66. The highest BCUT2D eigenvalue weighted by Gasteiger charge is 2.39. The van der Waals surface area contributed by atoms with Gasteiger partial charge in [0.25, 0.3) is 0 Å². The van der Waals surface area contributed by atoms with Crippen molar-refractivity contribution in [2.24, 2.45) is 0 Å². The van der Waals surface area contributed by atoms with Crippen LogP contribution in [0.25, 0.3) is 213 Å². The van der Waals surface area contributed by atoms with Gasteiger partial charge in [-0.2, -0.15) is 15.8 Å². The lowest BCUT2D eigenvalue weighted by atomic mass is 9.81. The minimum absolute atomic E-state index is 0.210. The summed E-state index contributed by atoms with van der Waals surface area (Å²) in [6.45, 7) is 13.4. The van der Waals surface area contributed by atoms with Crippen LogP contribution in [-0.2, 0) is 16.2 Å². The first-order chi connectivity index (χ1) is 70.9. The van der Waals surface area contributed by atoms with E-state index in [4.69, 9.17) is 44.9 Å². The molecule has 0 unspecified atom stereocenters. The maximum atomic E-state index is 9.58. The van der Waals surface area contributed by atoms with Crippen LogP contribution in [0.3, 0.4) is 0 Å². The molecule has 12 heteroatoms. The zero-order valence-corrected chi connectivity index (χ0v) is 80.6. The molecular weight excluding hydrogens is 1770 g/mol. The molecule has 0 fully saturated rings. The Labute approximate surface area is 843 Å². The smallest absolute Gasteiger partial charge is 0.164 e. The van der Waals surface area contributed by atoms with Gasteiger partial charge in [0.2, 0.25) is 0 Å². The van der Waals surface area contributed by atoms with Gasteiger partial charge in [0.1, 0.15) is 0 Å². The Hall–Kier alpha value is -19.1. The number of nitriles is 3. The summed E-state index contributed by atoms with van der Waals surface area (Å²) < 4.78 is 0. The monoisotopic (exact) mass is 1860 g/mol. The Balaban J connectivity index is 0.000000121. The van der Waals surface area contributed by atoms with Crippen LogP contribution in [0.5, 0.6) is 0 Å². The lowest BCUT2D eigenvalue weighted by molar-refractivity contribution is 0.660. The fraction of sp³-hybridized carbons (Fsp3) is 0.0677. The number of hydrogen-bond donors (Lipinski definition) is 0. The minimum atomic E-state index is -0.227. The number of hydrogen-bond acceptors (Lipinski definition) is 12. The second kappa shape index (κ2) is 37.6. The standard InChI is InChI=1S/C49H34N4.C43H30N4.C41H28N4/c1-49(2)44-28-32(31-50)16-26-42(44)43-27-25-40(30-45(43)49)39-14-9-15-41(29-39)48-52-46(37-21-17-35(18-22-37)33-10-5-3-6-11-33)51-47(53-48)38-23-19-36(20-24-38)34-12-7-4-8-13-34;1-43(2)38-23-28(27-44)19-21-36(38)37-22-20-33(26-39(37)43)32-16-10-18-35(25-32)42-46-40(30-13-7-4-8-14-30)45-41(47-42)34-17-9-15-31(24-34)29-11-5-3-6-12-29;1-41(2)36-21-26(25-42)15-19-34(36)35-20-18-31(24-37(35)41)30-13-8-14-32(23-30)39-43-38(28-10-4-3-5-11-28)44-40(45-39)33-17-16-27-9-6-7-12-29(27)22-33/h3-30H,1-2H3;3-26H,1-2H3;3-24H,1-2H3. The molecule has 3 aliphatic rings. The molecule has 25 rings (SSSR count). The fourth-order valence-corrected chi connectivity index (χ4v) is 20.6. The summed E-state index contributed by atoms with van der Waals surface area (Å²) in [5.41, 5.74) is 37.9. The van der Waals surface area contributed by atoms with E-state index in [-0.39, 0.29) is 16.2 Å². The van der Waals surface area contributed by atoms with E-state index < -0.39 is 0 Å². The highest BCUT2D eigenvalue weighted by Crippen LogP contribution is 2.54. The minimum Gasteiger partial charge on any atom is -0.208 e. The first-order valence-corrected chi connectivity index (χ1v) is 48.7. The third-order valence-electron chi connectivity index (χ3n) is 28.5. The van der Waals surface area contributed by atoms with Gasteiger partial charge < -0.3 is 0 Å². The molecule has 0 saturated heterocycles. The first kappa shape index (κ1) is 89.8. The predicted octanol–water partition coefficient (Wildman–Crippen LogP) is 32.3. The third-order valence-corrected chi connectivity index (χ3v) is 28.5. The molecule has 3 heterocycles. The van der Waals surface area contributed by atoms with Gasteiger partial charge in [-0.05, 0) is 229 Å². The van der Waals surface area contributed by atoms with Crippen molar-refractivity contribution >= 4 is 10.8 Å². The number of nitrogens with zero attached hydrogens (tertiary/aromatic N) is 12. The normalized spacial score (nSPS) is 12.6. The zero-order valence-electron chi connectivity index (χ0n) is 80.6. The van der Waals surface area contributed by atoms with E-state index in [9.17, 15) is 15.8 Å². The molecule has 22 aromatic rings. The van der Waals surface area contributed by atoms with E-state index in [0.29, 0.717) is 69.1 Å². The lowest BCUT2D eigenvalue weighted by Gasteiger charge is -2.22. The summed E-state index contributed by atoms with van der Waals surface area (Å²) >= 11 is 0. The Morgan fingerprint density at radius 3 is 0.614 bits per heavy atom. The van der Waals surface area contributed by atoms with Gasteiger partial charge in [-0.25, -0.2) is 44.9 Å². The van der Waals surface area contributed by atoms with Gasteiger partial charge in [-0.3, -0.25) is 0 Å². The van der Waals surface area contributed by atoms with E-state index in [1.54, 1.807) is 0 Å². The highest BCUT2D eigenvalue weighted by molar-refractivity contribution is 5.91. The molecule has 0 radical (unpaired) electrons. The van der Waals surface area contributed by atoms with Crippen LogP contribution >= 0.6 is 0 Å². The van der Waals surface area contributed by atoms with Crippen molar-refractivity contribution in [3.63, 3.8) is 0 Å². The van der Waals surface area contributed by atoms with Crippen molar-refractivity contribution in [1.82, 2.24) is 44.9 Å². The average molecular weight is 1860 g/mol. The van der Waals surface area contributed by atoms with Crippen LogP contribution in [0, 0.1) is 34.0 Å². The topological polar surface area (TPSA) is 187 Å². The van der Waals surface area contributed by atoms with Gasteiger partial charge in [-0.15, -0.1) is 0 Å². The molecule has 19 aromatic carbocycles. The molecule has 3 aliphatic carbocycles. The van der Waals surface area contributed by atoms with Crippen LogP contribution in [-0.4, -0.2) is 44.9 Å². The van der Waals surface area contributed by atoms with Gasteiger partial charge in [-0.1, -0.05) is 406 Å². The summed E-state index contributed by atoms with van der Waals surface area (Å²) in [6.07, 6.45) is 0. The van der Waals surface area contributed by atoms with Crippen LogP contribution in [0.4, 0.5) is 0 Å². The van der Waals surface area contributed by atoms with Crippen LogP contribution in [0.15, 0.2) is 449 Å². The molecule has 0 aliphatic heterocycles. The molecule has 0 spiro atoms. The maximum absolute atomic E-state index is 9.58. The lowest BCUT2D eigenvalue weighted by Crippen LogP contribution is -2.15. The molecule has 0 atom stereocenters. The summed E-state index contributed by atoms with van der Waals surface area (Å²) in [6, 6.07) is 162. The Kier molecular flexibility index (Phi) is 23.3. The van der Waals surface area contributed by atoms with Crippen molar-refractivity contribution in [3.05, 3.63) is 499 Å². The van der Waals surface area contributed by atoms with Crippen molar-refractivity contribution in [2.75, 3.05) is 0 Å². The Bertz CT molecular complexity index is 8870. The largest absolute Gasteiger partial charge is 0.208 e. The molecule has 0 amide bonds. The molecule has 684 valence electrons. The second-order valence-electron chi connectivity index (χ2n) is 38.6. The molecule has 145 heavy (non-hydrogen) atoms. The fourth-order valence-electron chi connectivity index (χ4n) is 20.6. The van der Waals surface area contributed by atoms with Crippen LogP contribution in [0.1, 0.15) is 91.6 Å². The van der Waals surface area contributed by atoms with Gasteiger partial charge in [0.05, 0.1) is 34.9 Å². The second-order valence-corrected chi connectivity index (χ2v) is 38.6. The van der Waals surface area contributed by atoms with Crippen molar-refractivity contribution in [2.45, 2.75) is 57.8 Å². The number of fused-ring (bicyclic) bond motifs is 10. The van der Waals surface area contributed by atoms with Gasteiger partial charge in [0, 0.05) is 66.3 Å². The van der Waals surface area contributed by atoms with E-state index in [1.165, 1.54) is 72.1 Å². The molecule has 3 aromatic heterocycles. The summed E-state index contributed by atoms with van der Waals surface area (Å²) in [7, 11) is 0. The van der Waals surface area contributed by atoms with E-state index in [2.05, 4.69) is 387 Å². The third kappa shape index (κ3) is 17.5. The summed E-state index contributed by atoms with van der Waals surface area (Å²) in [5, 5.41) is 30.9. The zero-order chi connectivity index (χ0) is 98.4. The molecule has 0 saturated carbocycles. The average Bonchev–Trinajstić information content (AvgIpc) is 1.58. The Morgan fingerprint density at radius 1 is 0.145 bits per heavy atom. The van der Waals surface area contributed by atoms with Crippen LogP contribution < -0.4 is 0 Å². The van der Waals surface area contributed by atoms with Crippen molar-refractivity contribution in [3.8, 4) is 221 Å². The summed E-state index contributed by atoms with van der Waals surface area (Å²) in [4.78, 5) is 45.1. The number of aromatic nitrogens is 9. The highest BCUT2D eigenvalue weighted by atomic mass is 15.1. The molecule has 0 bridgehead atoms. The number of benzene rings is 19. The van der Waals surface area contributed by atoms with E-state index >= 15 is 0 Å². The number of rotatable bonds is 15. The molecule has 0 N–H and O–H groups in total. The molecular formula is C133H92N12.